The molecule has 0 bridgehead atoms. The number of nitrogens with zero attached hydrogens (tertiary/aromatic N) is 1. The van der Waals surface area contributed by atoms with Gasteiger partial charge in [0.1, 0.15) is 0 Å². The van der Waals surface area contributed by atoms with E-state index < -0.39 is 22.9 Å². The average molecular weight is 276 g/mol. The van der Waals surface area contributed by atoms with Crippen LogP contribution in [0.1, 0.15) is 24.1 Å². The molecule has 1 aromatic carbocycles. The summed E-state index contributed by atoms with van der Waals surface area (Å²) in [6.45, 7) is 3.52. The van der Waals surface area contributed by atoms with Crippen molar-refractivity contribution in [2.45, 2.75) is 25.8 Å². The number of ether oxygens (including phenoxy) is 1. The maximum absolute atomic E-state index is 11.7. The van der Waals surface area contributed by atoms with E-state index in [9.17, 15) is 14.9 Å². The number of carbonyl (C=O) groups is 1. The number of hydrogen-bond acceptors (Lipinski definition) is 4. The third-order valence-electron chi connectivity index (χ3n) is 3.54. The Kier molecular flexibility index (Phi) is 3.74. The number of rotatable bonds is 4. The fraction of sp³-hybridized carbons (Fsp3) is 0.357. The van der Waals surface area contributed by atoms with Gasteiger partial charge in [-0.25, -0.2) is 4.79 Å². The number of nitro groups is 1. The number of benzene rings is 1. The predicted octanol–water partition coefficient (Wildman–Crippen LogP) is 2.40. The Bertz CT molecular complexity index is 662. The first-order valence-electron chi connectivity index (χ1n) is 6.26. The molecule has 0 aliphatic carbocycles. The molecule has 0 saturated heterocycles. The fourth-order valence-corrected chi connectivity index (χ4v) is 2.64. The van der Waals surface area contributed by atoms with Gasteiger partial charge in [-0.2, -0.15) is 0 Å². The van der Waals surface area contributed by atoms with Gasteiger partial charge >= 0.3 is 12.0 Å². The summed E-state index contributed by atoms with van der Waals surface area (Å²) in [5.41, 5.74) is 2.51. The summed E-state index contributed by atoms with van der Waals surface area (Å²) in [4.78, 5) is 25.4. The second-order valence-electron chi connectivity index (χ2n) is 4.75. The third-order valence-corrected chi connectivity index (χ3v) is 3.54. The highest BCUT2D eigenvalue weighted by atomic mass is 16.6. The topological polar surface area (TPSA) is 85.2 Å². The van der Waals surface area contributed by atoms with Gasteiger partial charge < -0.3 is 9.72 Å². The molecule has 1 heterocycles. The maximum atomic E-state index is 11.7. The van der Waals surface area contributed by atoms with E-state index in [0.29, 0.717) is 0 Å². The number of fused-ring (bicyclic) bond motifs is 1. The highest BCUT2D eigenvalue weighted by Crippen LogP contribution is 2.32. The quantitative estimate of drug-likeness (QED) is 0.528. The van der Waals surface area contributed by atoms with Crippen molar-refractivity contribution in [1.82, 2.24) is 4.98 Å². The molecule has 2 aromatic rings. The molecule has 1 N–H and O–H groups in total. The number of H-pyrrole nitrogens is 1. The normalized spacial score (nSPS) is 13.9. The van der Waals surface area contributed by atoms with E-state index in [2.05, 4.69) is 9.72 Å². The molecule has 106 valence electrons. The zero-order valence-electron chi connectivity index (χ0n) is 11.5. The summed E-state index contributed by atoms with van der Waals surface area (Å²) in [6.07, 6.45) is 0. The molecular weight excluding hydrogens is 260 g/mol. The molecule has 0 amide bonds. The first-order chi connectivity index (χ1) is 9.47. The molecule has 0 radical (unpaired) electrons. The van der Waals surface area contributed by atoms with E-state index in [1.165, 1.54) is 0 Å². The van der Waals surface area contributed by atoms with Crippen molar-refractivity contribution in [3.8, 4) is 0 Å². The number of esters is 1. The summed E-state index contributed by atoms with van der Waals surface area (Å²) in [5, 5.41) is 12.1. The molecule has 6 heteroatoms. The minimum absolute atomic E-state index is 0.575. The van der Waals surface area contributed by atoms with Crippen LogP contribution in [0, 0.1) is 17.0 Å². The molecule has 1 aromatic heterocycles. The lowest BCUT2D eigenvalue weighted by atomic mass is 9.91. The number of aromatic nitrogens is 1. The molecule has 0 aliphatic heterocycles. The molecule has 2 unspecified atom stereocenters. The van der Waals surface area contributed by atoms with Crippen molar-refractivity contribution in [1.29, 1.82) is 0 Å². The molecule has 2 rings (SSSR count). The maximum Gasteiger partial charge on any atom is 0.382 e. The smallest absolute Gasteiger partial charge is 0.382 e. The van der Waals surface area contributed by atoms with Crippen molar-refractivity contribution in [3.63, 3.8) is 0 Å². The van der Waals surface area contributed by atoms with Crippen LogP contribution in [0.15, 0.2) is 24.3 Å². The van der Waals surface area contributed by atoms with E-state index in [4.69, 9.17) is 0 Å². The van der Waals surface area contributed by atoms with Crippen LogP contribution < -0.4 is 0 Å². The Morgan fingerprint density at radius 1 is 1.40 bits per heavy atom. The van der Waals surface area contributed by atoms with E-state index in [-0.39, 0.29) is 0 Å². The summed E-state index contributed by atoms with van der Waals surface area (Å²) < 4.78 is 4.55. The van der Waals surface area contributed by atoms with Gasteiger partial charge in [0, 0.05) is 21.5 Å². The SMILES string of the molecule is COC(=O)C(C(C)c1c(C)[nH]c2ccccc12)[N+](=O)[O-]. The predicted molar refractivity (Wildman–Crippen MR) is 74.2 cm³/mol. The number of hydrogen-bond donors (Lipinski definition) is 1. The Morgan fingerprint density at radius 2 is 2.05 bits per heavy atom. The van der Waals surface area contributed by atoms with Crippen molar-refractivity contribution in [3.05, 3.63) is 45.6 Å². The van der Waals surface area contributed by atoms with Crippen LogP contribution in [-0.4, -0.2) is 29.0 Å². The Morgan fingerprint density at radius 3 is 2.65 bits per heavy atom. The number of carbonyl (C=O) groups excluding carboxylic acids is 1. The molecule has 0 spiro atoms. The van der Waals surface area contributed by atoms with E-state index in [1.807, 2.05) is 31.2 Å². The summed E-state index contributed by atoms with van der Waals surface area (Å²) >= 11 is 0. The molecule has 20 heavy (non-hydrogen) atoms. The molecule has 2 atom stereocenters. The number of methoxy groups -OCH3 is 1. The molecular formula is C14H16N2O4. The minimum Gasteiger partial charge on any atom is -0.464 e. The number of aromatic amines is 1. The fourth-order valence-electron chi connectivity index (χ4n) is 2.64. The average Bonchev–Trinajstić information content (AvgIpc) is 2.73. The lowest BCUT2D eigenvalue weighted by molar-refractivity contribution is -0.513. The van der Waals surface area contributed by atoms with Gasteiger partial charge in [0.2, 0.25) is 0 Å². The third kappa shape index (κ3) is 2.24. The minimum atomic E-state index is -1.40. The van der Waals surface area contributed by atoms with Gasteiger partial charge in [-0.3, -0.25) is 10.1 Å². The van der Waals surface area contributed by atoms with Gasteiger partial charge in [0.05, 0.1) is 13.0 Å². The van der Waals surface area contributed by atoms with E-state index in [1.54, 1.807) is 6.92 Å². The standard InChI is InChI=1S/C14H16N2O4/c1-8(13(16(18)19)14(17)20-3)12-9(2)15-11-7-5-4-6-10(11)12/h4-8,13,15H,1-3H3. The number of para-hydroxylation sites is 1. The second-order valence-corrected chi connectivity index (χ2v) is 4.75. The highest BCUT2D eigenvalue weighted by molar-refractivity contribution is 5.86. The van der Waals surface area contributed by atoms with Crippen LogP contribution in [-0.2, 0) is 9.53 Å². The van der Waals surface area contributed by atoms with Crippen LogP contribution in [0.3, 0.4) is 0 Å². The summed E-state index contributed by atoms with van der Waals surface area (Å²) in [7, 11) is 1.16. The van der Waals surface area contributed by atoms with Gasteiger partial charge in [-0.15, -0.1) is 0 Å². The van der Waals surface area contributed by atoms with Gasteiger partial charge in [-0.1, -0.05) is 25.1 Å². The van der Waals surface area contributed by atoms with Gasteiger partial charge in [0.25, 0.3) is 0 Å². The second kappa shape index (κ2) is 5.32. The zero-order chi connectivity index (χ0) is 14.9. The Hall–Kier alpha value is -2.37. The molecule has 0 aliphatic rings. The first-order valence-corrected chi connectivity index (χ1v) is 6.26. The zero-order valence-corrected chi connectivity index (χ0v) is 11.5. The van der Waals surface area contributed by atoms with Crippen LogP contribution in [0.4, 0.5) is 0 Å². The lowest BCUT2D eigenvalue weighted by Crippen LogP contribution is -2.35. The van der Waals surface area contributed by atoms with E-state index in [0.717, 1.165) is 29.3 Å². The van der Waals surface area contributed by atoms with E-state index >= 15 is 0 Å². The first kappa shape index (κ1) is 14.0. The van der Waals surface area contributed by atoms with Crippen molar-refractivity contribution >= 4 is 16.9 Å². The highest BCUT2D eigenvalue weighted by Gasteiger charge is 2.39. The molecule has 0 fully saturated rings. The lowest BCUT2D eigenvalue weighted by Gasteiger charge is -2.15. The Labute approximate surface area is 115 Å². The van der Waals surface area contributed by atoms with Crippen molar-refractivity contribution < 1.29 is 14.5 Å². The summed E-state index contributed by atoms with van der Waals surface area (Å²) in [6, 6.07) is 6.14. The van der Waals surface area contributed by atoms with Gasteiger partial charge in [-0.05, 0) is 18.6 Å². The number of nitrogens with one attached hydrogen (secondary N) is 1. The van der Waals surface area contributed by atoms with Crippen molar-refractivity contribution in [2.24, 2.45) is 0 Å². The largest absolute Gasteiger partial charge is 0.464 e. The number of aryl methyl sites for hydroxylation is 1. The monoisotopic (exact) mass is 276 g/mol. The van der Waals surface area contributed by atoms with Crippen LogP contribution in [0.2, 0.25) is 0 Å². The van der Waals surface area contributed by atoms with Crippen LogP contribution in [0.25, 0.3) is 10.9 Å². The van der Waals surface area contributed by atoms with Gasteiger partial charge in [0.15, 0.2) is 0 Å². The Balaban J connectivity index is 2.54. The molecule has 0 saturated carbocycles. The van der Waals surface area contributed by atoms with Crippen LogP contribution >= 0.6 is 0 Å². The van der Waals surface area contributed by atoms with Crippen LogP contribution in [0.5, 0.6) is 0 Å². The van der Waals surface area contributed by atoms with Crippen molar-refractivity contribution in [2.75, 3.05) is 7.11 Å². The summed E-state index contributed by atoms with van der Waals surface area (Å²) in [5.74, 6) is -1.40. The molecule has 6 nitrogen and oxygen atoms in total.